The normalized spacial score (nSPS) is 12.6. The van der Waals surface area contributed by atoms with Crippen LogP contribution in [0.5, 0.6) is 0 Å². The first-order chi connectivity index (χ1) is 9.86. The largest absolute Gasteiger partial charge is 0.481 e. The lowest BCUT2D eigenvalue weighted by atomic mass is 10.0. The fraction of sp³-hybridized carbons (Fsp3) is 0.375. The molecule has 1 aromatic carbocycles. The zero-order chi connectivity index (χ0) is 15.6. The van der Waals surface area contributed by atoms with Crippen LogP contribution in [-0.4, -0.2) is 23.0 Å². The van der Waals surface area contributed by atoms with Crippen molar-refractivity contribution in [1.82, 2.24) is 5.32 Å². The fourth-order valence-electron chi connectivity index (χ4n) is 2.16. The van der Waals surface area contributed by atoms with Crippen molar-refractivity contribution >= 4 is 22.8 Å². The van der Waals surface area contributed by atoms with Crippen molar-refractivity contribution in [1.29, 1.82) is 0 Å². The molecule has 0 fully saturated rings. The highest BCUT2D eigenvalue weighted by Gasteiger charge is 2.22. The second kappa shape index (κ2) is 5.99. The Hall–Kier alpha value is -2.30. The van der Waals surface area contributed by atoms with Crippen molar-refractivity contribution < 1.29 is 19.1 Å². The van der Waals surface area contributed by atoms with Gasteiger partial charge in [0, 0.05) is 11.4 Å². The maximum Gasteiger partial charge on any atom is 0.305 e. The van der Waals surface area contributed by atoms with Gasteiger partial charge in [-0.25, -0.2) is 0 Å². The van der Waals surface area contributed by atoms with Gasteiger partial charge in [0.1, 0.15) is 5.58 Å². The SMILES string of the molecule is Cc1ccc2oc(C(=O)NC(CC(=O)O)C(C)C)cc2c1. The highest BCUT2D eigenvalue weighted by molar-refractivity contribution is 5.96. The second-order valence-electron chi connectivity index (χ2n) is 5.57. The molecule has 2 N–H and O–H groups in total. The molecule has 0 spiro atoms. The van der Waals surface area contributed by atoms with E-state index in [0.717, 1.165) is 10.9 Å². The van der Waals surface area contributed by atoms with Gasteiger partial charge >= 0.3 is 5.97 Å². The number of rotatable bonds is 5. The Morgan fingerprint density at radius 2 is 2.00 bits per heavy atom. The summed E-state index contributed by atoms with van der Waals surface area (Å²) in [5.41, 5.74) is 1.73. The smallest absolute Gasteiger partial charge is 0.305 e. The van der Waals surface area contributed by atoms with Crippen LogP contribution in [0.4, 0.5) is 0 Å². The lowest BCUT2D eigenvalue weighted by molar-refractivity contribution is -0.137. The zero-order valence-corrected chi connectivity index (χ0v) is 12.3. The molecule has 1 heterocycles. The molecule has 5 heteroatoms. The number of benzene rings is 1. The number of aliphatic carboxylic acids is 1. The third kappa shape index (κ3) is 3.62. The zero-order valence-electron chi connectivity index (χ0n) is 12.3. The predicted octanol–water partition coefficient (Wildman–Crippen LogP) is 2.97. The van der Waals surface area contributed by atoms with Crippen molar-refractivity contribution in [2.24, 2.45) is 5.92 Å². The summed E-state index contributed by atoms with van der Waals surface area (Å²) in [5, 5.41) is 12.5. The van der Waals surface area contributed by atoms with Gasteiger partial charge in [-0.15, -0.1) is 0 Å². The quantitative estimate of drug-likeness (QED) is 0.886. The lowest BCUT2D eigenvalue weighted by Gasteiger charge is -2.19. The summed E-state index contributed by atoms with van der Waals surface area (Å²) in [5.74, 6) is -1.10. The van der Waals surface area contributed by atoms with Crippen molar-refractivity contribution in [3.8, 4) is 0 Å². The van der Waals surface area contributed by atoms with E-state index in [1.807, 2.05) is 39.0 Å². The molecule has 1 amide bonds. The number of furan rings is 1. The summed E-state index contributed by atoms with van der Waals surface area (Å²) < 4.78 is 5.51. The average Bonchev–Trinajstić information content (AvgIpc) is 2.80. The number of aryl methyl sites for hydroxylation is 1. The predicted molar refractivity (Wildman–Crippen MR) is 79.3 cm³/mol. The maximum atomic E-state index is 12.2. The molecule has 1 unspecified atom stereocenters. The Bertz CT molecular complexity index is 672. The number of nitrogens with one attached hydrogen (secondary N) is 1. The van der Waals surface area contributed by atoms with Gasteiger partial charge in [0.2, 0.25) is 0 Å². The van der Waals surface area contributed by atoms with Crippen LogP contribution in [0.2, 0.25) is 0 Å². The molecule has 0 bridgehead atoms. The first-order valence-corrected chi connectivity index (χ1v) is 6.89. The molecule has 2 rings (SSSR count). The Kier molecular flexibility index (Phi) is 4.31. The number of hydrogen-bond donors (Lipinski definition) is 2. The minimum absolute atomic E-state index is 0.0247. The van der Waals surface area contributed by atoms with E-state index in [2.05, 4.69) is 5.32 Å². The van der Waals surface area contributed by atoms with Crippen molar-refractivity contribution in [3.63, 3.8) is 0 Å². The summed E-state index contributed by atoms with van der Waals surface area (Å²) in [6.07, 6.45) is -0.108. The van der Waals surface area contributed by atoms with E-state index in [1.165, 1.54) is 0 Å². The van der Waals surface area contributed by atoms with E-state index < -0.39 is 12.0 Å². The standard InChI is InChI=1S/C16H19NO4/c1-9(2)12(8-15(18)19)17-16(20)14-7-11-6-10(3)4-5-13(11)21-14/h4-7,9,12H,8H2,1-3H3,(H,17,20)(H,18,19). The highest BCUT2D eigenvalue weighted by Crippen LogP contribution is 2.21. The molecule has 112 valence electrons. The summed E-state index contributed by atoms with van der Waals surface area (Å²) >= 11 is 0. The Morgan fingerprint density at radius 3 is 2.62 bits per heavy atom. The van der Waals surface area contributed by atoms with Crippen LogP contribution in [0, 0.1) is 12.8 Å². The highest BCUT2D eigenvalue weighted by atomic mass is 16.4. The van der Waals surface area contributed by atoms with E-state index in [9.17, 15) is 9.59 Å². The van der Waals surface area contributed by atoms with E-state index in [4.69, 9.17) is 9.52 Å². The molecule has 0 aliphatic heterocycles. The molecule has 0 saturated heterocycles. The third-order valence-electron chi connectivity index (χ3n) is 3.41. The monoisotopic (exact) mass is 289 g/mol. The van der Waals surface area contributed by atoms with Crippen molar-refractivity contribution in [2.45, 2.75) is 33.2 Å². The summed E-state index contributed by atoms with van der Waals surface area (Å²) in [4.78, 5) is 23.0. The van der Waals surface area contributed by atoms with Gasteiger partial charge in [0.25, 0.3) is 5.91 Å². The number of fused-ring (bicyclic) bond motifs is 1. The average molecular weight is 289 g/mol. The molecule has 0 aliphatic carbocycles. The Morgan fingerprint density at radius 1 is 1.29 bits per heavy atom. The van der Waals surface area contributed by atoms with Gasteiger partial charge in [-0.2, -0.15) is 0 Å². The molecule has 2 aromatic rings. The van der Waals surface area contributed by atoms with Gasteiger partial charge in [-0.1, -0.05) is 25.5 Å². The van der Waals surface area contributed by atoms with Crippen molar-refractivity contribution in [2.75, 3.05) is 0 Å². The minimum Gasteiger partial charge on any atom is -0.481 e. The van der Waals surface area contributed by atoms with Crippen molar-refractivity contribution in [3.05, 3.63) is 35.6 Å². The number of carbonyl (C=O) groups is 2. The first kappa shape index (κ1) is 15.1. The summed E-state index contributed by atoms with van der Waals surface area (Å²) in [6.45, 7) is 5.71. The number of hydrogen-bond acceptors (Lipinski definition) is 3. The second-order valence-corrected chi connectivity index (χ2v) is 5.57. The van der Waals surface area contributed by atoms with Crippen LogP contribution in [0.15, 0.2) is 28.7 Å². The number of carbonyl (C=O) groups excluding carboxylic acids is 1. The van der Waals surface area contributed by atoms with E-state index in [0.29, 0.717) is 5.58 Å². The molecule has 5 nitrogen and oxygen atoms in total. The lowest BCUT2D eigenvalue weighted by Crippen LogP contribution is -2.39. The van der Waals surface area contributed by atoms with Crippen LogP contribution in [-0.2, 0) is 4.79 Å². The maximum absolute atomic E-state index is 12.2. The molecule has 0 saturated carbocycles. The van der Waals surface area contributed by atoms with Gasteiger partial charge in [-0.05, 0) is 31.0 Å². The molecule has 1 aromatic heterocycles. The molecule has 21 heavy (non-hydrogen) atoms. The summed E-state index contributed by atoms with van der Waals surface area (Å²) in [7, 11) is 0. The van der Waals surface area contributed by atoms with Crippen LogP contribution in [0.25, 0.3) is 11.0 Å². The number of carboxylic acid groups (broad SMARTS) is 1. The van der Waals surface area contributed by atoms with Crippen LogP contribution in [0.3, 0.4) is 0 Å². The number of carboxylic acids is 1. The third-order valence-corrected chi connectivity index (χ3v) is 3.41. The topological polar surface area (TPSA) is 79.5 Å². The molecule has 1 atom stereocenters. The van der Waals surface area contributed by atoms with E-state index in [1.54, 1.807) is 6.07 Å². The van der Waals surface area contributed by atoms with Gasteiger partial charge in [-0.3, -0.25) is 9.59 Å². The Balaban J connectivity index is 2.19. The Labute approximate surface area is 122 Å². The summed E-state index contributed by atoms with van der Waals surface area (Å²) in [6, 6.07) is 6.92. The van der Waals surface area contributed by atoms with Crippen LogP contribution < -0.4 is 5.32 Å². The van der Waals surface area contributed by atoms with Gasteiger partial charge in [0.15, 0.2) is 5.76 Å². The van der Waals surface area contributed by atoms with E-state index in [-0.39, 0.29) is 24.0 Å². The first-order valence-electron chi connectivity index (χ1n) is 6.89. The molecular weight excluding hydrogens is 270 g/mol. The minimum atomic E-state index is -0.936. The molecule has 0 radical (unpaired) electrons. The number of amides is 1. The van der Waals surface area contributed by atoms with Crippen LogP contribution in [0.1, 0.15) is 36.4 Å². The fourth-order valence-corrected chi connectivity index (χ4v) is 2.16. The van der Waals surface area contributed by atoms with Gasteiger partial charge < -0.3 is 14.8 Å². The van der Waals surface area contributed by atoms with E-state index >= 15 is 0 Å². The van der Waals surface area contributed by atoms with Crippen LogP contribution >= 0.6 is 0 Å². The molecule has 0 aliphatic rings. The van der Waals surface area contributed by atoms with Gasteiger partial charge in [0.05, 0.1) is 6.42 Å². The molecular formula is C16H19NO4.